The summed E-state index contributed by atoms with van der Waals surface area (Å²) in [5, 5.41) is 0. The smallest absolute Gasteiger partial charge is 0.276 e. The second-order valence-corrected chi connectivity index (χ2v) is 5.10. The van der Waals surface area contributed by atoms with E-state index in [1.807, 2.05) is 0 Å². The van der Waals surface area contributed by atoms with Crippen molar-refractivity contribution in [2.45, 2.75) is 19.9 Å². The van der Waals surface area contributed by atoms with Gasteiger partial charge < -0.3 is 19.0 Å². The Morgan fingerprint density at radius 3 is 2.91 bits per heavy atom. The highest BCUT2D eigenvalue weighted by Crippen LogP contribution is 2.23. The van der Waals surface area contributed by atoms with Crippen LogP contribution in [0.15, 0.2) is 21.5 Å². The van der Waals surface area contributed by atoms with Crippen molar-refractivity contribution in [3.63, 3.8) is 0 Å². The minimum atomic E-state index is -0.417. The summed E-state index contributed by atoms with van der Waals surface area (Å²) in [4.78, 5) is 36.8. The summed E-state index contributed by atoms with van der Waals surface area (Å²) < 4.78 is 10.5. The van der Waals surface area contributed by atoms with E-state index >= 15 is 0 Å². The number of nitrogens with zero attached hydrogens (tertiary/aromatic N) is 3. The van der Waals surface area contributed by atoms with Crippen LogP contribution in [-0.2, 0) is 4.74 Å². The van der Waals surface area contributed by atoms with E-state index in [4.69, 9.17) is 9.15 Å². The highest BCUT2D eigenvalue weighted by Gasteiger charge is 2.32. The van der Waals surface area contributed by atoms with Gasteiger partial charge in [0.15, 0.2) is 11.6 Å². The van der Waals surface area contributed by atoms with Gasteiger partial charge in [0.05, 0.1) is 24.9 Å². The first-order valence-corrected chi connectivity index (χ1v) is 6.93. The van der Waals surface area contributed by atoms with Gasteiger partial charge in [-0.15, -0.1) is 0 Å². The number of nitrogens with one attached hydrogen (secondary N) is 1. The number of H-pyrrole nitrogens is 1. The zero-order valence-corrected chi connectivity index (χ0v) is 12.3. The van der Waals surface area contributed by atoms with Crippen molar-refractivity contribution in [3.8, 4) is 0 Å². The Hall–Kier alpha value is -2.48. The molecule has 1 atom stereocenters. The van der Waals surface area contributed by atoms with Crippen LogP contribution in [-0.4, -0.2) is 45.5 Å². The molecule has 1 aliphatic rings. The minimum absolute atomic E-state index is 0.242. The largest absolute Gasteiger partial charge is 0.448 e. The molecule has 1 fully saturated rings. The van der Waals surface area contributed by atoms with Gasteiger partial charge in [0.2, 0.25) is 0 Å². The van der Waals surface area contributed by atoms with E-state index in [-0.39, 0.29) is 17.2 Å². The van der Waals surface area contributed by atoms with Crippen molar-refractivity contribution in [1.29, 1.82) is 0 Å². The maximum absolute atomic E-state index is 12.6. The molecule has 1 N–H and O–H groups in total. The van der Waals surface area contributed by atoms with E-state index < -0.39 is 6.04 Å². The molecule has 1 amide bonds. The lowest BCUT2D eigenvalue weighted by atomic mass is 10.1. The van der Waals surface area contributed by atoms with Gasteiger partial charge in [0.25, 0.3) is 11.5 Å². The number of carbonyl (C=O) groups is 1. The Morgan fingerprint density at radius 1 is 1.41 bits per heavy atom. The van der Waals surface area contributed by atoms with Gasteiger partial charge in [-0.05, 0) is 6.92 Å². The molecule has 1 aliphatic heterocycles. The van der Waals surface area contributed by atoms with Gasteiger partial charge in [0, 0.05) is 19.5 Å². The van der Waals surface area contributed by atoms with Crippen molar-refractivity contribution in [3.05, 3.63) is 45.8 Å². The molecule has 3 heterocycles. The molecule has 0 bridgehead atoms. The molecule has 2 aromatic heterocycles. The number of amides is 1. The Kier molecular flexibility index (Phi) is 3.76. The average molecular weight is 304 g/mol. The first-order chi connectivity index (χ1) is 10.5. The van der Waals surface area contributed by atoms with Crippen molar-refractivity contribution in [2.24, 2.45) is 0 Å². The van der Waals surface area contributed by atoms with E-state index in [9.17, 15) is 9.59 Å². The summed E-state index contributed by atoms with van der Waals surface area (Å²) in [5.41, 5.74) is 0.498. The minimum Gasteiger partial charge on any atom is -0.448 e. The second-order valence-electron chi connectivity index (χ2n) is 5.10. The molecular formula is C14H16N4O4. The van der Waals surface area contributed by atoms with Crippen LogP contribution >= 0.6 is 0 Å². The first kappa shape index (κ1) is 14.5. The van der Waals surface area contributed by atoms with Crippen molar-refractivity contribution in [1.82, 2.24) is 19.9 Å². The van der Waals surface area contributed by atoms with Crippen LogP contribution in [0.25, 0.3) is 0 Å². The average Bonchev–Trinajstić information content (AvgIpc) is 2.92. The summed E-state index contributed by atoms with van der Waals surface area (Å²) in [6.07, 6.45) is 1.33. The van der Waals surface area contributed by atoms with Crippen LogP contribution < -0.4 is 5.56 Å². The fourth-order valence-electron chi connectivity index (χ4n) is 2.47. The van der Waals surface area contributed by atoms with Gasteiger partial charge in [-0.3, -0.25) is 9.59 Å². The first-order valence-electron chi connectivity index (χ1n) is 6.93. The van der Waals surface area contributed by atoms with E-state index in [1.165, 1.54) is 12.3 Å². The zero-order chi connectivity index (χ0) is 15.7. The van der Waals surface area contributed by atoms with E-state index in [1.54, 1.807) is 18.7 Å². The van der Waals surface area contributed by atoms with Gasteiger partial charge in [0.1, 0.15) is 12.1 Å². The SMILES string of the molecule is Cc1nc([C@H]2COCCN2C(=O)c2coc(C)n2)cc(=O)[nH]1. The van der Waals surface area contributed by atoms with Crippen LogP contribution in [0.5, 0.6) is 0 Å². The summed E-state index contributed by atoms with van der Waals surface area (Å²) in [7, 11) is 0. The number of hydrogen-bond acceptors (Lipinski definition) is 6. The third kappa shape index (κ3) is 2.77. The number of ether oxygens (including phenoxy) is 1. The molecule has 116 valence electrons. The summed E-state index contributed by atoms with van der Waals surface area (Å²) in [6, 6.07) is 0.972. The summed E-state index contributed by atoms with van der Waals surface area (Å²) in [6.45, 7) is 4.50. The molecule has 0 spiro atoms. The third-order valence-corrected chi connectivity index (χ3v) is 3.45. The molecule has 22 heavy (non-hydrogen) atoms. The second kappa shape index (κ2) is 5.72. The lowest BCUT2D eigenvalue weighted by Crippen LogP contribution is -2.44. The van der Waals surface area contributed by atoms with Crippen LogP contribution in [0, 0.1) is 13.8 Å². The highest BCUT2D eigenvalue weighted by atomic mass is 16.5. The molecule has 2 aromatic rings. The van der Waals surface area contributed by atoms with E-state index in [0.717, 1.165) is 0 Å². The predicted octanol–water partition coefficient (Wildman–Crippen LogP) is 0.588. The quantitative estimate of drug-likeness (QED) is 0.871. The van der Waals surface area contributed by atoms with Gasteiger partial charge in [-0.2, -0.15) is 0 Å². The monoisotopic (exact) mass is 304 g/mol. The molecule has 0 unspecified atom stereocenters. The number of morpholine rings is 1. The highest BCUT2D eigenvalue weighted by molar-refractivity contribution is 5.92. The predicted molar refractivity (Wildman–Crippen MR) is 75.4 cm³/mol. The number of oxazole rings is 1. The fraction of sp³-hybridized carbons (Fsp3) is 0.429. The number of aromatic amines is 1. The molecule has 0 radical (unpaired) electrons. The lowest BCUT2D eigenvalue weighted by molar-refractivity contribution is -0.00432. The topological polar surface area (TPSA) is 101 Å². The van der Waals surface area contributed by atoms with Crippen molar-refractivity contribution in [2.75, 3.05) is 19.8 Å². The standard InChI is InChI=1S/C14H16N4O4/c1-8-15-10(5-13(19)16-8)12-7-21-4-3-18(12)14(20)11-6-22-9(2)17-11/h5-6,12H,3-4,7H2,1-2H3,(H,15,16,19)/t12-/m1/s1. The molecule has 1 saturated heterocycles. The fourth-order valence-corrected chi connectivity index (χ4v) is 2.47. The van der Waals surface area contributed by atoms with Crippen molar-refractivity contribution < 1.29 is 13.9 Å². The number of aromatic nitrogens is 3. The number of carbonyl (C=O) groups excluding carboxylic acids is 1. The molecular weight excluding hydrogens is 288 g/mol. The normalized spacial score (nSPS) is 18.5. The zero-order valence-electron chi connectivity index (χ0n) is 12.3. The Bertz CT molecular complexity index is 751. The van der Waals surface area contributed by atoms with Crippen LogP contribution in [0.4, 0.5) is 0 Å². The van der Waals surface area contributed by atoms with Gasteiger partial charge >= 0.3 is 0 Å². The maximum Gasteiger partial charge on any atom is 0.276 e. The van der Waals surface area contributed by atoms with Gasteiger partial charge in [-0.1, -0.05) is 0 Å². The molecule has 0 aromatic carbocycles. The number of aryl methyl sites for hydroxylation is 2. The van der Waals surface area contributed by atoms with Gasteiger partial charge in [-0.25, -0.2) is 9.97 Å². The van der Waals surface area contributed by atoms with Crippen LogP contribution in [0.3, 0.4) is 0 Å². The Morgan fingerprint density at radius 2 is 2.23 bits per heavy atom. The van der Waals surface area contributed by atoms with E-state index in [2.05, 4.69) is 15.0 Å². The van der Waals surface area contributed by atoms with E-state index in [0.29, 0.717) is 37.2 Å². The van der Waals surface area contributed by atoms with Crippen LogP contribution in [0.2, 0.25) is 0 Å². The number of rotatable bonds is 2. The molecule has 0 aliphatic carbocycles. The third-order valence-electron chi connectivity index (χ3n) is 3.45. The Labute approximate surface area is 126 Å². The molecule has 8 nitrogen and oxygen atoms in total. The number of hydrogen-bond donors (Lipinski definition) is 1. The summed E-state index contributed by atoms with van der Waals surface area (Å²) in [5.74, 6) is 0.668. The molecule has 0 saturated carbocycles. The Balaban J connectivity index is 1.94. The lowest BCUT2D eigenvalue weighted by Gasteiger charge is -2.34. The summed E-state index contributed by atoms with van der Waals surface area (Å²) >= 11 is 0. The molecule has 3 rings (SSSR count). The molecule has 8 heteroatoms. The van der Waals surface area contributed by atoms with Crippen molar-refractivity contribution >= 4 is 5.91 Å². The van der Waals surface area contributed by atoms with Crippen LogP contribution in [0.1, 0.15) is 33.9 Å². The maximum atomic E-state index is 12.6.